The summed E-state index contributed by atoms with van der Waals surface area (Å²) in [5.41, 5.74) is 1.89. The molecule has 0 aliphatic rings. The molecule has 164 valence electrons. The number of hydrogen-bond donors (Lipinski definition) is 2. The van der Waals surface area contributed by atoms with E-state index in [0.29, 0.717) is 11.6 Å². The van der Waals surface area contributed by atoms with Gasteiger partial charge in [-0.2, -0.15) is 0 Å². The van der Waals surface area contributed by atoms with Gasteiger partial charge < -0.3 is 10.2 Å². The van der Waals surface area contributed by atoms with Crippen LogP contribution in [0.3, 0.4) is 0 Å². The molecule has 0 fully saturated rings. The zero-order chi connectivity index (χ0) is 22.5. The summed E-state index contributed by atoms with van der Waals surface area (Å²) in [5.74, 6) is -0.390. The van der Waals surface area contributed by atoms with Crippen LogP contribution >= 0.6 is 11.3 Å². The number of nitrogens with zero attached hydrogens (tertiary/aromatic N) is 3. The van der Waals surface area contributed by atoms with E-state index in [-0.39, 0.29) is 23.1 Å². The number of anilines is 2. The molecule has 0 aliphatic carbocycles. The Morgan fingerprint density at radius 1 is 1.13 bits per heavy atom. The first-order valence-corrected chi connectivity index (χ1v) is 11.0. The van der Waals surface area contributed by atoms with Crippen molar-refractivity contribution in [2.75, 3.05) is 24.3 Å². The molecule has 1 aromatic carbocycles. The topological polar surface area (TPSA) is 87.2 Å². The summed E-state index contributed by atoms with van der Waals surface area (Å²) in [6.07, 6.45) is 1.13. The predicted octanol–water partition coefficient (Wildman–Crippen LogP) is 4.18. The first kappa shape index (κ1) is 23.8. The molecule has 2 rings (SSSR count). The van der Waals surface area contributed by atoms with Crippen LogP contribution in [-0.4, -0.2) is 42.1 Å². The van der Waals surface area contributed by atoms with E-state index in [1.807, 2.05) is 77.9 Å². The van der Waals surface area contributed by atoms with Gasteiger partial charge >= 0.3 is 0 Å². The number of amides is 2. The number of carbonyl (C=O) groups is 2. The van der Waals surface area contributed by atoms with Crippen molar-refractivity contribution in [2.24, 2.45) is 11.3 Å². The molecule has 0 bridgehead atoms. The molecule has 7 nitrogen and oxygen atoms in total. The number of rotatable bonds is 8. The Labute approximate surface area is 183 Å². The lowest BCUT2D eigenvalue weighted by molar-refractivity contribution is -0.128. The first-order chi connectivity index (χ1) is 14.0. The first-order valence-electron chi connectivity index (χ1n) is 10.2. The van der Waals surface area contributed by atoms with Gasteiger partial charge in [-0.3, -0.25) is 14.9 Å². The number of carbonyl (C=O) groups excluding carboxylic acids is 2. The van der Waals surface area contributed by atoms with Crippen LogP contribution in [0.4, 0.5) is 10.8 Å². The molecule has 1 heterocycles. The van der Waals surface area contributed by atoms with Crippen molar-refractivity contribution < 1.29 is 9.59 Å². The number of hydrogen-bond acceptors (Lipinski definition) is 6. The molecule has 2 aromatic rings. The Hall–Kier alpha value is -2.48. The van der Waals surface area contributed by atoms with Crippen molar-refractivity contribution in [2.45, 2.75) is 53.5 Å². The van der Waals surface area contributed by atoms with Gasteiger partial charge in [0.2, 0.25) is 16.9 Å². The quantitative estimate of drug-likeness (QED) is 0.655. The average molecular weight is 432 g/mol. The maximum atomic E-state index is 12.9. The van der Waals surface area contributed by atoms with Crippen LogP contribution in [0, 0.1) is 11.3 Å². The van der Waals surface area contributed by atoms with Gasteiger partial charge in [0.1, 0.15) is 11.0 Å². The summed E-state index contributed by atoms with van der Waals surface area (Å²) in [4.78, 5) is 27.3. The second-order valence-corrected chi connectivity index (χ2v) is 9.99. The minimum atomic E-state index is -0.614. The third-order valence-electron chi connectivity index (χ3n) is 4.79. The Kier molecular flexibility index (Phi) is 7.95. The van der Waals surface area contributed by atoms with Gasteiger partial charge in [0.05, 0.1) is 0 Å². The fourth-order valence-electron chi connectivity index (χ4n) is 2.88. The second kappa shape index (κ2) is 10.0. The highest BCUT2D eigenvalue weighted by Crippen LogP contribution is 2.28. The second-order valence-electron chi connectivity index (χ2n) is 9.01. The van der Waals surface area contributed by atoms with Crippen LogP contribution in [0.5, 0.6) is 0 Å². The number of aromatic nitrogens is 2. The molecule has 0 saturated heterocycles. The van der Waals surface area contributed by atoms with Crippen LogP contribution in [0.2, 0.25) is 0 Å². The molecule has 0 aliphatic heterocycles. The molecule has 0 spiro atoms. The summed E-state index contributed by atoms with van der Waals surface area (Å²) in [6, 6.07) is 7.38. The third-order valence-corrected chi connectivity index (χ3v) is 5.68. The van der Waals surface area contributed by atoms with E-state index in [4.69, 9.17) is 0 Å². The molecule has 0 saturated carbocycles. The molecule has 1 aromatic heterocycles. The van der Waals surface area contributed by atoms with Gasteiger partial charge in [-0.25, -0.2) is 0 Å². The fourth-order valence-corrected chi connectivity index (χ4v) is 3.64. The lowest BCUT2D eigenvalue weighted by atomic mass is 9.91. The highest BCUT2D eigenvalue weighted by atomic mass is 32.1. The van der Waals surface area contributed by atoms with Gasteiger partial charge in [-0.1, -0.05) is 52.4 Å². The standard InChI is InChI=1S/C22H33N5O2S/c1-8-14(2)18(23-17(28)13-22(3,4)5)19(29)24-21-26-25-20(30-21)15-9-11-16(12-10-15)27(6)7/h9-12,14,18H,8,13H2,1-7H3,(H,23,28)(H,24,26,29)/t14-,18-/m1/s1. The largest absolute Gasteiger partial charge is 0.378 e. The number of benzene rings is 1. The summed E-state index contributed by atoms with van der Waals surface area (Å²) in [5, 5.41) is 15.2. The van der Waals surface area contributed by atoms with Crippen LogP contribution in [0.25, 0.3) is 10.6 Å². The molecule has 2 N–H and O–H groups in total. The fraction of sp³-hybridized carbons (Fsp3) is 0.545. The van der Waals surface area contributed by atoms with Crippen molar-refractivity contribution in [3.8, 4) is 10.6 Å². The summed E-state index contributed by atoms with van der Waals surface area (Å²) in [6.45, 7) is 9.96. The normalized spacial score (nSPS) is 13.4. The Morgan fingerprint density at radius 2 is 1.77 bits per heavy atom. The van der Waals surface area contributed by atoms with Crippen molar-refractivity contribution in [1.29, 1.82) is 0 Å². The molecule has 0 unspecified atom stereocenters. The monoisotopic (exact) mass is 431 g/mol. The van der Waals surface area contributed by atoms with E-state index in [1.165, 1.54) is 11.3 Å². The molecule has 30 heavy (non-hydrogen) atoms. The molecular formula is C22H33N5O2S. The lowest BCUT2D eigenvalue weighted by Gasteiger charge is -2.25. The van der Waals surface area contributed by atoms with Crippen LogP contribution in [-0.2, 0) is 9.59 Å². The van der Waals surface area contributed by atoms with Crippen molar-refractivity contribution in [3.05, 3.63) is 24.3 Å². The summed E-state index contributed by atoms with van der Waals surface area (Å²) >= 11 is 1.31. The number of nitrogens with one attached hydrogen (secondary N) is 2. The molecule has 8 heteroatoms. The van der Waals surface area contributed by atoms with Gasteiger partial charge in [-0.15, -0.1) is 10.2 Å². The van der Waals surface area contributed by atoms with E-state index in [9.17, 15) is 9.59 Å². The van der Waals surface area contributed by atoms with Crippen LogP contribution in [0.1, 0.15) is 47.5 Å². The van der Waals surface area contributed by atoms with E-state index in [1.54, 1.807) is 0 Å². The van der Waals surface area contributed by atoms with Crippen LogP contribution in [0.15, 0.2) is 24.3 Å². The SMILES string of the molecule is CC[C@@H](C)[C@@H](NC(=O)CC(C)(C)C)C(=O)Nc1nnc(-c2ccc(N(C)C)cc2)s1. The van der Waals surface area contributed by atoms with Gasteiger partial charge in [0, 0.05) is 31.8 Å². The van der Waals surface area contributed by atoms with E-state index in [0.717, 1.165) is 22.7 Å². The molecule has 0 radical (unpaired) electrons. The zero-order valence-corrected chi connectivity index (χ0v) is 19.8. The van der Waals surface area contributed by atoms with Crippen LogP contribution < -0.4 is 15.5 Å². The minimum Gasteiger partial charge on any atom is -0.378 e. The van der Waals surface area contributed by atoms with Crippen molar-refractivity contribution in [3.63, 3.8) is 0 Å². The maximum Gasteiger partial charge on any atom is 0.249 e. The Morgan fingerprint density at radius 3 is 2.30 bits per heavy atom. The van der Waals surface area contributed by atoms with Gasteiger partial charge in [0.25, 0.3) is 0 Å². The summed E-state index contributed by atoms with van der Waals surface area (Å²) < 4.78 is 0. The van der Waals surface area contributed by atoms with E-state index < -0.39 is 6.04 Å². The van der Waals surface area contributed by atoms with Crippen molar-refractivity contribution >= 4 is 34.0 Å². The maximum absolute atomic E-state index is 12.9. The Bertz CT molecular complexity index is 855. The van der Waals surface area contributed by atoms with Gasteiger partial charge in [0.15, 0.2) is 0 Å². The highest BCUT2D eigenvalue weighted by Gasteiger charge is 2.28. The lowest BCUT2D eigenvalue weighted by Crippen LogP contribution is -2.48. The summed E-state index contributed by atoms with van der Waals surface area (Å²) in [7, 11) is 3.98. The zero-order valence-electron chi connectivity index (χ0n) is 18.9. The van der Waals surface area contributed by atoms with Gasteiger partial charge in [-0.05, 0) is 35.6 Å². The van der Waals surface area contributed by atoms with E-state index >= 15 is 0 Å². The smallest absolute Gasteiger partial charge is 0.249 e. The third kappa shape index (κ3) is 6.79. The molecule has 2 atom stereocenters. The Balaban J connectivity index is 2.09. The average Bonchev–Trinajstić information content (AvgIpc) is 3.12. The van der Waals surface area contributed by atoms with E-state index in [2.05, 4.69) is 20.8 Å². The molecular weight excluding hydrogens is 398 g/mol. The predicted molar refractivity (Wildman–Crippen MR) is 124 cm³/mol. The van der Waals surface area contributed by atoms with Crippen molar-refractivity contribution in [1.82, 2.24) is 15.5 Å². The minimum absolute atomic E-state index is 0.000104. The molecule has 2 amide bonds. The highest BCUT2D eigenvalue weighted by molar-refractivity contribution is 7.18.